The van der Waals surface area contributed by atoms with Gasteiger partial charge in [0.2, 0.25) is 5.91 Å². The zero-order chi connectivity index (χ0) is 22.4. The van der Waals surface area contributed by atoms with Gasteiger partial charge in [0, 0.05) is 49.5 Å². The molecular formula is C22H25FN4O4. The van der Waals surface area contributed by atoms with Crippen molar-refractivity contribution in [1.29, 1.82) is 0 Å². The summed E-state index contributed by atoms with van der Waals surface area (Å²) in [6, 6.07) is 12.4. The number of urea groups is 1. The van der Waals surface area contributed by atoms with E-state index in [1.54, 1.807) is 32.3 Å². The molecule has 164 valence electrons. The second-order valence-electron chi connectivity index (χ2n) is 7.26. The number of rotatable bonds is 8. The van der Waals surface area contributed by atoms with Crippen LogP contribution in [0.5, 0.6) is 5.75 Å². The summed E-state index contributed by atoms with van der Waals surface area (Å²) in [5.41, 5.74) is 1.46. The molecule has 0 saturated heterocycles. The molecule has 1 atom stereocenters. The lowest BCUT2D eigenvalue weighted by molar-refractivity contribution is -0.129. The maximum Gasteiger partial charge on any atom is 0.319 e. The third kappa shape index (κ3) is 6.19. The van der Waals surface area contributed by atoms with Gasteiger partial charge >= 0.3 is 6.03 Å². The van der Waals surface area contributed by atoms with E-state index < -0.39 is 18.0 Å². The van der Waals surface area contributed by atoms with Crippen molar-refractivity contribution in [2.24, 2.45) is 0 Å². The molecule has 0 spiro atoms. The van der Waals surface area contributed by atoms with Crippen LogP contribution >= 0.6 is 0 Å². The van der Waals surface area contributed by atoms with Gasteiger partial charge in [-0.15, -0.1) is 0 Å². The molecule has 0 saturated carbocycles. The molecule has 0 aliphatic carbocycles. The van der Waals surface area contributed by atoms with Crippen LogP contribution in [0.25, 0.3) is 10.9 Å². The average molecular weight is 428 g/mol. The van der Waals surface area contributed by atoms with Crippen LogP contribution in [0, 0.1) is 5.82 Å². The van der Waals surface area contributed by atoms with Crippen LogP contribution in [0.3, 0.4) is 0 Å². The van der Waals surface area contributed by atoms with Gasteiger partial charge in [-0.25, -0.2) is 9.18 Å². The first-order valence-electron chi connectivity index (χ1n) is 9.72. The number of benzene rings is 2. The molecule has 3 rings (SSSR count). The number of amides is 3. The lowest BCUT2D eigenvalue weighted by Crippen LogP contribution is -2.37. The van der Waals surface area contributed by atoms with Crippen LogP contribution in [0.1, 0.15) is 0 Å². The highest BCUT2D eigenvalue weighted by atomic mass is 19.1. The number of nitrogens with one attached hydrogen (secondary N) is 2. The summed E-state index contributed by atoms with van der Waals surface area (Å²) < 4.78 is 20.3. The highest BCUT2D eigenvalue weighted by Gasteiger charge is 2.11. The first kappa shape index (κ1) is 22.1. The Kier molecular flexibility index (Phi) is 7.09. The van der Waals surface area contributed by atoms with E-state index in [4.69, 9.17) is 4.74 Å². The predicted molar refractivity (Wildman–Crippen MR) is 116 cm³/mol. The summed E-state index contributed by atoms with van der Waals surface area (Å²) in [7, 11) is 3.42. The molecule has 3 N–H and O–H groups in total. The number of halogens is 1. The van der Waals surface area contributed by atoms with E-state index in [2.05, 4.69) is 10.6 Å². The van der Waals surface area contributed by atoms with E-state index >= 15 is 0 Å². The largest absolute Gasteiger partial charge is 0.491 e. The van der Waals surface area contributed by atoms with Gasteiger partial charge in [-0.3, -0.25) is 4.79 Å². The molecule has 1 heterocycles. The molecule has 3 aromatic rings. The van der Waals surface area contributed by atoms with Crippen molar-refractivity contribution in [3.05, 3.63) is 60.5 Å². The topological polar surface area (TPSA) is 95.8 Å². The molecule has 1 aromatic heterocycles. The normalized spacial score (nSPS) is 11.7. The number of nitrogens with zero attached hydrogens (tertiary/aromatic N) is 2. The standard InChI is InChI=1S/C22H25FN4O4/c1-26(2)21(29)13-27-9-8-15-10-17(6-7-20(15)27)25-22(30)24-12-18(28)14-31-19-5-3-4-16(23)11-19/h3-11,18,28H,12-14H2,1-2H3,(H2,24,25,30). The van der Waals surface area contributed by atoms with Gasteiger partial charge in [-0.05, 0) is 36.4 Å². The first-order chi connectivity index (χ1) is 14.8. The Bertz CT molecular complexity index is 1070. The van der Waals surface area contributed by atoms with Crippen molar-refractivity contribution in [2.45, 2.75) is 12.6 Å². The molecule has 0 aliphatic rings. The van der Waals surface area contributed by atoms with Crippen LogP contribution in [-0.2, 0) is 11.3 Å². The number of hydrogen-bond acceptors (Lipinski definition) is 4. The lowest BCUT2D eigenvalue weighted by atomic mass is 10.2. The van der Waals surface area contributed by atoms with Crippen LogP contribution in [-0.4, -0.2) is 59.9 Å². The van der Waals surface area contributed by atoms with E-state index in [-0.39, 0.29) is 25.6 Å². The highest BCUT2D eigenvalue weighted by Crippen LogP contribution is 2.20. The average Bonchev–Trinajstić information content (AvgIpc) is 3.12. The van der Waals surface area contributed by atoms with Gasteiger partial charge in [-0.1, -0.05) is 6.07 Å². The number of carbonyl (C=O) groups is 2. The fourth-order valence-electron chi connectivity index (χ4n) is 2.90. The first-order valence-corrected chi connectivity index (χ1v) is 9.72. The van der Waals surface area contributed by atoms with E-state index in [1.165, 1.54) is 23.1 Å². The second-order valence-corrected chi connectivity index (χ2v) is 7.26. The Morgan fingerprint density at radius 1 is 1.19 bits per heavy atom. The molecule has 9 heteroatoms. The number of likely N-dealkylation sites (N-methyl/N-ethyl adjacent to an activating group) is 1. The van der Waals surface area contributed by atoms with E-state index in [0.29, 0.717) is 11.4 Å². The molecule has 0 radical (unpaired) electrons. The SMILES string of the molecule is CN(C)C(=O)Cn1ccc2cc(NC(=O)NCC(O)COc3cccc(F)c3)ccc21. The smallest absolute Gasteiger partial charge is 0.319 e. The molecule has 3 amide bonds. The number of aliphatic hydroxyl groups excluding tert-OH is 1. The minimum Gasteiger partial charge on any atom is -0.491 e. The Hall–Kier alpha value is -3.59. The Balaban J connectivity index is 1.49. The van der Waals surface area contributed by atoms with Crippen molar-refractivity contribution in [2.75, 3.05) is 32.6 Å². The molecular weight excluding hydrogens is 403 g/mol. The van der Waals surface area contributed by atoms with Crippen LogP contribution in [0.4, 0.5) is 14.9 Å². The summed E-state index contributed by atoms with van der Waals surface area (Å²) in [5.74, 6) is -0.142. The Morgan fingerprint density at radius 2 is 2.00 bits per heavy atom. The predicted octanol–water partition coefficient (Wildman–Crippen LogP) is 2.43. The number of aromatic nitrogens is 1. The summed E-state index contributed by atoms with van der Waals surface area (Å²) in [4.78, 5) is 25.6. The fraction of sp³-hybridized carbons (Fsp3) is 0.273. The molecule has 0 fully saturated rings. The van der Waals surface area contributed by atoms with Gasteiger partial charge in [-0.2, -0.15) is 0 Å². The molecule has 2 aromatic carbocycles. The molecule has 8 nitrogen and oxygen atoms in total. The number of anilines is 1. The van der Waals surface area contributed by atoms with Crippen LogP contribution in [0.15, 0.2) is 54.7 Å². The summed E-state index contributed by atoms with van der Waals surface area (Å²) in [5, 5.41) is 16.1. The second kappa shape index (κ2) is 9.94. The fourth-order valence-corrected chi connectivity index (χ4v) is 2.90. The zero-order valence-corrected chi connectivity index (χ0v) is 17.3. The monoisotopic (exact) mass is 428 g/mol. The van der Waals surface area contributed by atoms with E-state index in [0.717, 1.165) is 10.9 Å². The van der Waals surface area contributed by atoms with E-state index in [1.807, 2.05) is 22.9 Å². The molecule has 1 unspecified atom stereocenters. The number of hydrogen-bond donors (Lipinski definition) is 3. The van der Waals surface area contributed by atoms with Gasteiger partial charge in [0.1, 0.15) is 30.8 Å². The summed E-state index contributed by atoms with van der Waals surface area (Å²) >= 11 is 0. The molecule has 0 aliphatic heterocycles. The maximum absolute atomic E-state index is 13.1. The summed E-state index contributed by atoms with van der Waals surface area (Å²) in [6.45, 7) is 0.112. The van der Waals surface area contributed by atoms with Gasteiger partial charge in [0.25, 0.3) is 0 Å². The Labute approximate surface area is 179 Å². The van der Waals surface area contributed by atoms with Crippen LogP contribution in [0.2, 0.25) is 0 Å². The van der Waals surface area contributed by atoms with Crippen molar-refractivity contribution >= 4 is 28.5 Å². The quantitative estimate of drug-likeness (QED) is 0.514. The molecule has 0 bridgehead atoms. The number of ether oxygens (including phenoxy) is 1. The van der Waals surface area contributed by atoms with Gasteiger partial charge in [0.05, 0.1) is 0 Å². The van der Waals surface area contributed by atoms with Gasteiger partial charge < -0.3 is 29.9 Å². The van der Waals surface area contributed by atoms with Crippen molar-refractivity contribution in [3.63, 3.8) is 0 Å². The molecule has 31 heavy (non-hydrogen) atoms. The van der Waals surface area contributed by atoms with Crippen molar-refractivity contribution in [1.82, 2.24) is 14.8 Å². The van der Waals surface area contributed by atoms with Crippen molar-refractivity contribution < 1.29 is 23.8 Å². The Morgan fingerprint density at radius 3 is 2.74 bits per heavy atom. The lowest BCUT2D eigenvalue weighted by Gasteiger charge is -2.14. The van der Waals surface area contributed by atoms with Crippen molar-refractivity contribution in [3.8, 4) is 5.75 Å². The summed E-state index contributed by atoms with van der Waals surface area (Å²) in [6.07, 6.45) is 0.866. The van der Waals surface area contributed by atoms with Gasteiger partial charge in [0.15, 0.2) is 0 Å². The number of carbonyl (C=O) groups excluding carboxylic acids is 2. The number of aliphatic hydroxyl groups is 1. The maximum atomic E-state index is 13.1. The van der Waals surface area contributed by atoms with Crippen LogP contribution < -0.4 is 15.4 Å². The zero-order valence-electron chi connectivity index (χ0n) is 17.3. The highest BCUT2D eigenvalue weighted by molar-refractivity contribution is 5.93. The minimum absolute atomic E-state index is 0.0148. The number of fused-ring (bicyclic) bond motifs is 1. The van der Waals surface area contributed by atoms with E-state index in [9.17, 15) is 19.1 Å². The third-order valence-corrected chi connectivity index (χ3v) is 4.57. The minimum atomic E-state index is -0.959. The third-order valence-electron chi connectivity index (χ3n) is 4.57.